The molecule has 4 aromatic rings. The van der Waals surface area contributed by atoms with E-state index in [1.165, 1.54) is 0 Å². The fourth-order valence-corrected chi connectivity index (χ4v) is 5.74. The topological polar surface area (TPSA) is 63.6 Å². The highest BCUT2D eigenvalue weighted by atomic mass is 35.5. The summed E-state index contributed by atoms with van der Waals surface area (Å²) in [5.41, 5.74) is 1.50. The zero-order valence-corrected chi connectivity index (χ0v) is 21.2. The third-order valence-electron chi connectivity index (χ3n) is 6.69. The molecule has 8 heteroatoms. The predicted octanol–water partition coefficient (Wildman–Crippen LogP) is 5.14. The second-order valence-electron chi connectivity index (χ2n) is 8.90. The van der Waals surface area contributed by atoms with Crippen LogP contribution in [0, 0.1) is 0 Å². The van der Waals surface area contributed by atoms with Gasteiger partial charge in [0, 0.05) is 29.1 Å². The monoisotopic (exact) mass is 507 g/mol. The Morgan fingerprint density at radius 1 is 1.17 bits per heavy atom. The molecule has 6 nitrogen and oxygen atoms in total. The molecule has 0 radical (unpaired) electrons. The Labute approximate surface area is 213 Å². The quantitative estimate of drug-likeness (QED) is 0.377. The van der Waals surface area contributed by atoms with Crippen LogP contribution in [0.5, 0.6) is 5.75 Å². The van der Waals surface area contributed by atoms with Crippen LogP contribution in [0.1, 0.15) is 28.5 Å². The highest BCUT2D eigenvalue weighted by Gasteiger charge is 2.47. The van der Waals surface area contributed by atoms with E-state index in [2.05, 4.69) is 5.32 Å². The van der Waals surface area contributed by atoms with Crippen LogP contribution in [-0.2, 0) is 24.3 Å². The lowest BCUT2D eigenvalue weighted by atomic mass is 9.94. The number of carbonyl (C=O) groups excluding carboxylic acids is 2. The van der Waals surface area contributed by atoms with E-state index < -0.39 is 5.54 Å². The van der Waals surface area contributed by atoms with Crippen LogP contribution < -0.4 is 10.1 Å². The van der Waals surface area contributed by atoms with Crippen molar-refractivity contribution in [3.05, 3.63) is 87.9 Å². The fraction of sp³-hybridized carbons (Fsp3) is 0.259. The number of nitrogens with one attached hydrogen (secondary N) is 1. The van der Waals surface area contributed by atoms with Gasteiger partial charge in [-0.3, -0.25) is 9.59 Å². The number of hydrogen-bond donors (Lipinski definition) is 1. The molecule has 1 aliphatic heterocycles. The first-order chi connectivity index (χ1) is 16.9. The molecule has 0 spiro atoms. The third-order valence-corrected chi connectivity index (χ3v) is 7.89. The number of aromatic nitrogens is 1. The predicted molar refractivity (Wildman–Crippen MR) is 139 cm³/mol. The molecule has 2 aromatic heterocycles. The van der Waals surface area contributed by atoms with Gasteiger partial charge in [0.25, 0.3) is 5.91 Å². The molecule has 0 aliphatic carbocycles. The SMILES string of the molecule is COc1ccccc1CNC(=O)C1(C)Cn2c(cc3ccsc32)C(=O)N1CCc1ccc(Cl)cc1. The van der Waals surface area contributed by atoms with Crippen LogP contribution in [0.25, 0.3) is 10.2 Å². The molecule has 2 amide bonds. The summed E-state index contributed by atoms with van der Waals surface area (Å²) in [6.07, 6.45) is 0.618. The van der Waals surface area contributed by atoms with Gasteiger partial charge in [0.1, 0.15) is 21.8 Å². The Morgan fingerprint density at radius 2 is 1.94 bits per heavy atom. The summed E-state index contributed by atoms with van der Waals surface area (Å²) in [6.45, 7) is 2.96. The normalized spacial score (nSPS) is 17.5. The second-order valence-corrected chi connectivity index (χ2v) is 10.2. The van der Waals surface area contributed by atoms with E-state index in [1.54, 1.807) is 23.3 Å². The highest BCUT2D eigenvalue weighted by molar-refractivity contribution is 7.16. The minimum atomic E-state index is -1.06. The van der Waals surface area contributed by atoms with Crippen LogP contribution in [-0.4, -0.2) is 40.5 Å². The standard InChI is InChI=1S/C27H26ClN3O3S/c1-27(26(33)29-16-20-5-3-4-6-23(20)34-2)17-30-22(15-19-12-14-35-25(19)30)24(32)31(27)13-11-18-7-9-21(28)10-8-18/h3-10,12,14-15H,11,13,16-17H2,1-2H3,(H,29,33). The number of methoxy groups -OCH3 is 1. The van der Waals surface area contributed by atoms with Crippen molar-refractivity contribution in [1.29, 1.82) is 0 Å². The molecule has 1 unspecified atom stereocenters. The van der Waals surface area contributed by atoms with Gasteiger partial charge in [-0.2, -0.15) is 0 Å². The lowest BCUT2D eigenvalue weighted by Crippen LogP contribution is -2.64. The van der Waals surface area contributed by atoms with E-state index in [0.29, 0.717) is 42.5 Å². The van der Waals surface area contributed by atoms with Crippen molar-refractivity contribution in [3.63, 3.8) is 0 Å². The Hall–Kier alpha value is -3.29. The average molecular weight is 508 g/mol. The second kappa shape index (κ2) is 9.40. The zero-order valence-electron chi connectivity index (χ0n) is 19.6. The smallest absolute Gasteiger partial charge is 0.271 e. The minimum absolute atomic E-state index is 0.136. The molecule has 35 heavy (non-hydrogen) atoms. The van der Waals surface area contributed by atoms with Gasteiger partial charge in [0.05, 0.1) is 13.7 Å². The number of rotatable bonds is 7. The van der Waals surface area contributed by atoms with Gasteiger partial charge in [-0.05, 0) is 54.6 Å². The largest absolute Gasteiger partial charge is 0.496 e. The van der Waals surface area contributed by atoms with Gasteiger partial charge in [-0.1, -0.05) is 41.9 Å². The molecule has 1 aliphatic rings. The van der Waals surface area contributed by atoms with Crippen LogP contribution in [0.4, 0.5) is 0 Å². The van der Waals surface area contributed by atoms with Crippen LogP contribution in [0.3, 0.4) is 0 Å². The summed E-state index contributed by atoms with van der Waals surface area (Å²) in [5, 5.41) is 6.76. The van der Waals surface area contributed by atoms with Gasteiger partial charge in [0.2, 0.25) is 5.91 Å². The van der Waals surface area contributed by atoms with Gasteiger partial charge in [-0.15, -0.1) is 11.3 Å². The molecule has 0 fully saturated rings. The van der Waals surface area contributed by atoms with E-state index in [9.17, 15) is 9.59 Å². The van der Waals surface area contributed by atoms with E-state index in [4.69, 9.17) is 16.3 Å². The molecule has 0 saturated heterocycles. The summed E-state index contributed by atoms with van der Waals surface area (Å²) in [4.78, 5) is 30.2. The molecule has 2 aromatic carbocycles. The number of halogens is 1. The van der Waals surface area contributed by atoms with Crippen molar-refractivity contribution in [1.82, 2.24) is 14.8 Å². The number of thiophene rings is 1. The summed E-state index contributed by atoms with van der Waals surface area (Å²) in [6, 6.07) is 19.1. The molecule has 1 N–H and O–H groups in total. The first-order valence-electron chi connectivity index (χ1n) is 11.4. The van der Waals surface area contributed by atoms with Crippen molar-refractivity contribution in [2.24, 2.45) is 0 Å². The maximum atomic E-state index is 13.7. The zero-order chi connectivity index (χ0) is 24.6. The lowest BCUT2D eigenvalue weighted by Gasteiger charge is -2.44. The van der Waals surface area contributed by atoms with E-state index >= 15 is 0 Å². The number of carbonyl (C=O) groups is 2. The average Bonchev–Trinajstić information content (AvgIpc) is 3.46. The number of ether oxygens (including phenoxy) is 1. The Kier molecular flexibility index (Phi) is 6.30. The van der Waals surface area contributed by atoms with Crippen molar-refractivity contribution < 1.29 is 14.3 Å². The first kappa shape index (κ1) is 23.5. The van der Waals surface area contributed by atoms with Crippen molar-refractivity contribution in [3.8, 4) is 5.75 Å². The Morgan fingerprint density at radius 3 is 2.71 bits per heavy atom. The van der Waals surface area contributed by atoms with E-state index in [0.717, 1.165) is 21.3 Å². The van der Waals surface area contributed by atoms with Crippen LogP contribution in [0.15, 0.2) is 66.0 Å². The first-order valence-corrected chi connectivity index (χ1v) is 12.7. The summed E-state index contributed by atoms with van der Waals surface area (Å²) < 4.78 is 7.42. The van der Waals surface area contributed by atoms with Gasteiger partial charge < -0.3 is 19.5 Å². The Bertz CT molecular complexity index is 1390. The van der Waals surface area contributed by atoms with Gasteiger partial charge in [-0.25, -0.2) is 0 Å². The molecule has 0 saturated carbocycles. The number of benzene rings is 2. The van der Waals surface area contributed by atoms with Crippen molar-refractivity contribution >= 4 is 45.0 Å². The lowest BCUT2D eigenvalue weighted by molar-refractivity contribution is -0.133. The maximum absolute atomic E-state index is 13.7. The Balaban J connectivity index is 1.45. The van der Waals surface area contributed by atoms with E-state index in [1.807, 2.05) is 77.5 Å². The molecular formula is C27H26ClN3O3S. The highest BCUT2D eigenvalue weighted by Crippen LogP contribution is 2.35. The number of fused-ring (bicyclic) bond motifs is 3. The molecule has 3 heterocycles. The minimum Gasteiger partial charge on any atom is -0.496 e. The molecule has 1 atom stereocenters. The summed E-state index contributed by atoms with van der Waals surface area (Å²) in [7, 11) is 1.61. The van der Waals surface area contributed by atoms with Crippen molar-refractivity contribution in [2.75, 3.05) is 13.7 Å². The van der Waals surface area contributed by atoms with Gasteiger partial charge in [0.15, 0.2) is 0 Å². The molecule has 5 rings (SSSR count). The van der Waals surface area contributed by atoms with Crippen LogP contribution in [0.2, 0.25) is 5.02 Å². The molecule has 0 bridgehead atoms. The van der Waals surface area contributed by atoms with Crippen LogP contribution >= 0.6 is 22.9 Å². The summed E-state index contributed by atoms with van der Waals surface area (Å²) >= 11 is 7.62. The third kappa shape index (κ3) is 4.30. The van der Waals surface area contributed by atoms with E-state index in [-0.39, 0.29) is 11.8 Å². The summed E-state index contributed by atoms with van der Waals surface area (Å²) in [5.74, 6) is 0.380. The number of hydrogen-bond acceptors (Lipinski definition) is 4. The maximum Gasteiger partial charge on any atom is 0.271 e. The number of para-hydroxylation sites is 1. The molecular weight excluding hydrogens is 482 g/mol. The number of amides is 2. The van der Waals surface area contributed by atoms with Crippen molar-refractivity contribution in [2.45, 2.75) is 32.0 Å². The molecule has 180 valence electrons. The number of nitrogens with zero attached hydrogens (tertiary/aromatic N) is 2. The van der Waals surface area contributed by atoms with Gasteiger partial charge >= 0.3 is 0 Å². The fourth-order valence-electron chi connectivity index (χ4n) is 4.71.